The van der Waals surface area contributed by atoms with Crippen molar-refractivity contribution in [2.24, 2.45) is 11.8 Å². The summed E-state index contributed by atoms with van der Waals surface area (Å²) in [5.74, 6) is -4.33. The highest BCUT2D eigenvalue weighted by Gasteiger charge is 2.31. The minimum absolute atomic E-state index is 0.208. The Balaban J connectivity index is 1.95. The molecule has 1 heterocycles. The molecule has 26 heavy (non-hydrogen) atoms. The fourth-order valence-corrected chi connectivity index (χ4v) is 2.96. The van der Waals surface area contributed by atoms with Crippen molar-refractivity contribution in [2.45, 2.75) is 32.7 Å². The number of carbonyl (C=O) groups is 3. The van der Waals surface area contributed by atoms with Crippen molar-refractivity contribution in [3.63, 3.8) is 0 Å². The van der Waals surface area contributed by atoms with E-state index in [4.69, 9.17) is 5.11 Å². The van der Waals surface area contributed by atoms with Gasteiger partial charge in [-0.3, -0.25) is 9.59 Å². The van der Waals surface area contributed by atoms with Crippen LogP contribution in [0.2, 0.25) is 0 Å². The van der Waals surface area contributed by atoms with E-state index in [2.05, 4.69) is 5.32 Å². The Morgan fingerprint density at radius 1 is 1.19 bits per heavy atom. The average molecular weight is 368 g/mol. The third-order valence-electron chi connectivity index (χ3n) is 4.54. The van der Waals surface area contributed by atoms with Gasteiger partial charge in [0.05, 0.1) is 5.56 Å². The number of hydrogen-bond donors (Lipinski definition) is 2. The van der Waals surface area contributed by atoms with E-state index >= 15 is 0 Å². The summed E-state index contributed by atoms with van der Waals surface area (Å²) < 4.78 is 26.7. The number of piperidine rings is 1. The van der Waals surface area contributed by atoms with Gasteiger partial charge in [0.2, 0.25) is 5.91 Å². The lowest BCUT2D eigenvalue weighted by Gasteiger charge is -2.32. The summed E-state index contributed by atoms with van der Waals surface area (Å²) in [7, 11) is 0. The summed E-state index contributed by atoms with van der Waals surface area (Å²) in [5, 5.41) is 11.7. The van der Waals surface area contributed by atoms with E-state index in [1.54, 1.807) is 13.8 Å². The molecule has 0 radical (unpaired) electrons. The zero-order valence-electron chi connectivity index (χ0n) is 14.7. The van der Waals surface area contributed by atoms with E-state index in [9.17, 15) is 23.2 Å². The first-order valence-corrected chi connectivity index (χ1v) is 8.48. The summed E-state index contributed by atoms with van der Waals surface area (Å²) >= 11 is 0. The molecule has 0 aromatic heterocycles. The van der Waals surface area contributed by atoms with Gasteiger partial charge in [0.25, 0.3) is 5.91 Å². The number of carbonyl (C=O) groups excluding carboxylic acids is 2. The second-order valence-electron chi connectivity index (χ2n) is 6.76. The van der Waals surface area contributed by atoms with Crippen LogP contribution in [0.4, 0.5) is 8.78 Å². The number of halogens is 2. The lowest BCUT2D eigenvalue weighted by atomic mass is 9.94. The number of hydrogen-bond acceptors (Lipinski definition) is 3. The Labute approximate surface area is 150 Å². The summed E-state index contributed by atoms with van der Waals surface area (Å²) in [5.41, 5.74) is -0.208. The van der Waals surface area contributed by atoms with Gasteiger partial charge in [0.15, 0.2) is 0 Å². The highest BCUT2D eigenvalue weighted by molar-refractivity contribution is 5.94. The highest BCUT2D eigenvalue weighted by atomic mass is 19.1. The predicted octanol–water partition coefficient (Wildman–Crippen LogP) is 2.04. The Kier molecular flexibility index (Phi) is 6.28. The number of nitrogens with one attached hydrogen (secondary N) is 1. The average Bonchev–Trinajstić information content (AvgIpc) is 2.58. The molecule has 142 valence electrons. The maximum absolute atomic E-state index is 13.7. The van der Waals surface area contributed by atoms with E-state index in [1.165, 1.54) is 4.90 Å². The third kappa shape index (κ3) is 4.56. The molecule has 2 amide bonds. The number of amides is 2. The molecule has 1 saturated heterocycles. The molecular formula is C18H22F2N2O4. The Morgan fingerprint density at radius 3 is 2.31 bits per heavy atom. The first-order valence-electron chi connectivity index (χ1n) is 8.48. The maximum atomic E-state index is 13.7. The van der Waals surface area contributed by atoms with Crippen molar-refractivity contribution in [3.8, 4) is 0 Å². The van der Waals surface area contributed by atoms with Gasteiger partial charge >= 0.3 is 5.97 Å². The quantitative estimate of drug-likeness (QED) is 0.833. The fraction of sp³-hybridized carbons (Fsp3) is 0.500. The minimum atomic E-state index is -1.09. The number of carboxylic acid groups (broad SMARTS) is 1. The van der Waals surface area contributed by atoms with E-state index in [-0.39, 0.29) is 30.5 Å². The molecule has 6 nitrogen and oxygen atoms in total. The maximum Gasteiger partial charge on any atom is 0.326 e. The number of likely N-dealkylation sites (tertiary alicyclic amines) is 1. The van der Waals surface area contributed by atoms with Gasteiger partial charge in [0, 0.05) is 25.1 Å². The molecule has 0 bridgehead atoms. The van der Waals surface area contributed by atoms with E-state index in [0.29, 0.717) is 18.9 Å². The predicted molar refractivity (Wildman–Crippen MR) is 89.4 cm³/mol. The van der Waals surface area contributed by atoms with Gasteiger partial charge < -0.3 is 15.3 Å². The minimum Gasteiger partial charge on any atom is -0.480 e. The highest BCUT2D eigenvalue weighted by Crippen LogP contribution is 2.21. The van der Waals surface area contributed by atoms with Crippen LogP contribution in [0.15, 0.2) is 18.2 Å². The van der Waals surface area contributed by atoms with Gasteiger partial charge in [0.1, 0.15) is 17.7 Å². The van der Waals surface area contributed by atoms with Gasteiger partial charge in [-0.15, -0.1) is 0 Å². The van der Waals surface area contributed by atoms with Crippen molar-refractivity contribution in [2.75, 3.05) is 13.1 Å². The van der Waals surface area contributed by atoms with Crippen LogP contribution in [-0.4, -0.2) is 46.9 Å². The molecule has 1 fully saturated rings. The standard InChI is InChI=1S/C18H22F2N2O4/c1-10(2)15(18(25)26)21-16(23)11-5-7-22(8-6-11)17(24)13-4-3-12(19)9-14(13)20/h3-4,9-11,15H,5-8H2,1-2H3,(H,21,23)(H,25,26)/t15-/m1/s1. The molecule has 1 aromatic carbocycles. The van der Waals surface area contributed by atoms with Crippen LogP contribution < -0.4 is 5.32 Å². The van der Waals surface area contributed by atoms with Crippen molar-refractivity contribution < 1.29 is 28.3 Å². The molecule has 2 rings (SSSR count). The normalized spacial score (nSPS) is 16.4. The molecule has 0 aliphatic carbocycles. The Morgan fingerprint density at radius 2 is 1.81 bits per heavy atom. The van der Waals surface area contributed by atoms with Gasteiger partial charge in [-0.1, -0.05) is 13.8 Å². The summed E-state index contributed by atoms with van der Waals surface area (Å²) in [6, 6.07) is 1.82. The van der Waals surface area contributed by atoms with Crippen LogP contribution in [-0.2, 0) is 9.59 Å². The smallest absolute Gasteiger partial charge is 0.326 e. The largest absolute Gasteiger partial charge is 0.480 e. The van der Waals surface area contributed by atoms with Crippen LogP contribution in [0.25, 0.3) is 0 Å². The molecule has 1 aromatic rings. The zero-order chi connectivity index (χ0) is 19.4. The van der Waals surface area contributed by atoms with Crippen molar-refractivity contribution in [1.29, 1.82) is 0 Å². The van der Waals surface area contributed by atoms with Gasteiger partial charge in [-0.2, -0.15) is 0 Å². The molecule has 0 spiro atoms. The van der Waals surface area contributed by atoms with Crippen molar-refractivity contribution in [1.82, 2.24) is 10.2 Å². The number of carboxylic acids is 1. The second-order valence-corrected chi connectivity index (χ2v) is 6.76. The molecule has 1 aliphatic heterocycles. The van der Waals surface area contributed by atoms with Gasteiger partial charge in [-0.05, 0) is 30.9 Å². The lowest BCUT2D eigenvalue weighted by Crippen LogP contribution is -2.49. The van der Waals surface area contributed by atoms with E-state index < -0.39 is 35.5 Å². The molecule has 1 atom stereocenters. The molecule has 1 aliphatic rings. The number of aliphatic carboxylic acids is 1. The first kappa shape index (κ1) is 19.8. The van der Waals surface area contributed by atoms with Crippen LogP contribution in [0, 0.1) is 23.5 Å². The summed E-state index contributed by atoms with van der Waals surface area (Å²) in [6.45, 7) is 3.90. The molecule has 8 heteroatoms. The van der Waals surface area contributed by atoms with Crippen LogP contribution in [0.1, 0.15) is 37.0 Å². The van der Waals surface area contributed by atoms with Crippen LogP contribution in [0.3, 0.4) is 0 Å². The van der Waals surface area contributed by atoms with Gasteiger partial charge in [-0.25, -0.2) is 13.6 Å². The molecular weight excluding hydrogens is 346 g/mol. The SMILES string of the molecule is CC(C)[C@@H](NC(=O)C1CCN(C(=O)c2ccc(F)cc2F)CC1)C(=O)O. The van der Waals surface area contributed by atoms with E-state index in [1.807, 2.05) is 0 Å². The van der Waals surface area contributed by atoms with E-state index in [0.717, 1.165) is 12.1 Å². The molecule has 0 unspecified atom stereocenters. The third-order valence-corrected chi connectivity index (χ3v) is 4.54. The second kappa shape index (κ2) is 8.25. The summed E-state index contributed by atoms with van der Waals surface area (Å²) in [6.07, 6.45) is 0.704. The summed E-state index contributed by atoms with van der Waals surface area (Å²) in [4.78, 5) is 37.2. The molecule has 0 saturated carbocycles. The Hall–Kier alpha value is -2.51. The number of benzene rings is 1. The lowest BCUT2D eigenvalue weighted by molar-refractivity contribution is -0.144. The zero-order valence-corrected chi connectivity index (χ0v) is 14.7. The number of nitrogens with zero attached hydrogens (tertiary/aromatic N) is 1. The van der Waals surface area contributed by atoms with Crippen molar-refractivity contribution >= 4 is 17.8 Å². The molecule has 2 N–H and O–H groups in total. The monoisotopic (exact) mass is 368 g/mol. The Bertz CT molecular complexity index is 700. The first-order chi connectivity index (χ1) is 12.2. The van der Waals surface area contributed by atoms with Crippen molar-refractivity contribution in [3.05, 3.63) is 35.4 Å². The topological polar surface area (TPSA) is 86.7 Å². The van der Waals surface area contributed by atoms with Crippen LogP contribution in [0.5, 0.6) is 0 Å². The fourth-order valence-electron chi connectivity index (χ4n) is 2.96. The number of rotatable bonds is 5. The van der Waals surface area contributed by atoms with Crippen LogP contribution >= 0.6 is 0 Å².